The molecule has 3 rings (SSSR count). The summed E-state index contributed by atoms with van der Waals surface area (Å²) in [5.74, 6) is 0.382. The zero-order valence-corrected chi connectivity index (χ0v) is 16.4. The highest BCUT2D eigenvalue weighted by Crippen LogP contribution is 2.23. The van der Waals surface area contributed by atoms with Crippen molar-refractivity contribution in [3.63, 3.8) is 0 Å². The van der Waals surface area contributed by atoms with Gasteiger partial charge >= 0.3 is 6.03 Å². The van der Waals surface area contributed by atoms with Gasteiger partial charge < -0.3 is 20.2 Å². The number of nitrogens with one attached hydrogen (secondary N) is 1. The lowest BCUT2D eigenvalue weighted by atomic mass is 9.98. The third-order valence-electron chi connectivity index (χ3n) is 5.94. The van der Waals surface area contributed by atoms with E-state index < -0.39 is 0 Å². The van der Waals surface area contributed by atoms with Crippen LogP contribution in [-0.4, -0.2) is 59.1 Å². The Morgan fingerprint density at radius 2 is 1.89 bits per heavy atom. The smallest absolute Gasteiger partial charge is 0.321 e. The summed E-state index contributed by atoms with van der Waals surface area (Å²) in [7, 11) is 0. The summed E-state index contributed by atoms with van der Waals surface area (Å²) in [5, 5.41) is 12.2. The number of hydrogen-bond donors (Lipinski definition) is 2. The number of benzene rings is 1. The molecule has 2 aliphatic heterocycles. The van der Waals surface area contributed by atoms with E-state index in [-0.39, 0.29) is 24.6 Å². The van der Waals surface area contributed by atoms with Gasteiger partial charge in [-0.25, -0.2) is 4.79 Å². The highest BCUT2D eigenvalue weighted by atomic mass is 16.3. The Kier molecular flexibility index (Phi) is 6.37. The van der Waals surface area contributed by atoms with Crippen molar-refractivity contribution in [1.29, 1.82) is 0 Å². The third kappa shape index (κ3) is 4.61. The fourth-order valence-electron chi connectivity index (χ4n) is 4.02. The molecule has 2 saturated heterocycles. The summed E-state index contributed by atoms with van der Waals surface area (Å²) in [6.45, 7) is 6.38. The van der Waals surface area contributed by atoms with Gasteiger partial charge in [0, 0.05) is 43.5 Å². The van der Waals surface area contributed by atoms with E-state index in [1.54, 1.807) is 4.90 Å². The molecule has 0 aliphatic carbocycles. The van der Waals surface area contributed by atoms with Crippen molar-refractivity contribution in [3.05, 3.63) is 29.3 Å². The van der Waals surface area contributed by atoms with Crippen LogP contribution in [0.1, 0.15) is 54.9 Å². The van der Waals surface area contributed by atoms with Crippen molar-refractivity contribution in [2.24, 2.45) is 5.92 Å². The summed E-state index contributed by atoms with van der Waals surface area (Å²) < 4.78 is 0. The first-order chi connectivity index (χ1) is 13.0. The number of anilines is 1. The topological polar surface area (TPSA) is 72.9 Å². The number of aryl methyl sites for hydroxylation is 1. The zero-order chi connectivity index (χ0) is 19.4. The molecule has 148 valence electrons. The van der Waals surface area contributed by atoms with E-state index in [2.05, 4.69) is 12.2 Å². The third-order valence-corrected chi connectivity index (χ3v) is 5.94. The lowest BCUT2D eigenvalue weighted by Crippen LogP contribution is -2.42. The number of urea groups is 1. The number of carbonyl (C=O) groups is 2. The summed E-state index contributed by atoms with van der Waals surface area (Å²) >= 11 is 0. The second-order valence-corrected chi connectivity index (χ2v) is 7.92. The number of nitrogens with zero attached hydrogens (tertiary/aromatic N) is 2. The van der Waals surface area contributed by atoms with Crippen LogP contribution in [0, 0.1) is 12.8 Å². The van der Waals surface area contributed by atoms with Crippen molar-refractivity contribution in [2.45, 2.75) is 52.0 Å². The minimum Gasteiger partial charge on any atom is -0.396 e. The van der Waals surface area contributed by atoms with Gasteiger partial charge in [0.05, 0.1) is 0 Å². The van der Waals surface area contributed by atoms with E-state index in [1.165, 1.54) is 6.42 Å². The lowest BCUT2D eigenvalue weighted by molar-refractivity contribution is 0.0635. The van der Waals surface area contributed by atoms with E-state index in [1.807, 2.05) is 30.0 Å². The van der Waals surface area contributed by atoms with E-state index in [4.69, 9.17) is 0 Å². The number of aliphatic hydroxyl groups excluding tert-OH is 1. The number of hydrogen-bond acceptors (Lipinski definition) is 3. The van der Waals surface area contributed by atoms with Crippen LogP contribution in [-0.2, 0) is 0 Å². The van der Waals surface area contributed by atoms with Crippen molar-refractivity contribution in [2.75, 3.05) is 31.6 Å². The van der Waals surface area contributed by atoms with Crippen LogP contribution in [0.15, 0.2) is 18.2 Å². The average molecular weight is 373 g/mol. The minimum atomic E-state index is -0.113. The maximum absolute atomic E-state index is 12.8. The summed E-state index contributed by atoms with van der Waals surface area (Å²) in [6, 6.07) is 5.68. The molecule has 27 heavy (non-hydrogen) atoms. The minimum absolute atomic E-state index is 0.0780. The summed E-state index contributed by atoms with van der Waals surface area (Å²) in [4.78, 5) is 29.1. The van der Waals surface area contributed by atoms with Gasteiger partial charge in [-0.15, -0.1) is 0 Å². The Hall–Kier alpha value is -2.08. The molecule has 1 atom stereocenters. The predicted molar refractivity (Wildman–Crippen MR) is 106 cm³/mol. The first-order valence-electron chi connectivity index (χ1n) is 10.1. The van der Waals surface area contributed by atoms with Crippen LogP contribution < -0.4 is 5.32 Å². The quantitative estimate of drug-likeness (QED) is 0.854. The maximum Gasteiger partial charge on any atom is 0.321 e. The van der Waals surface area contributed by atoms with Gasteiger partial charge in [0.15, 0.2) is 0 Å². The molecular formula is C21H31N3O3. The second kappa shape index (κ2) is 8.74. The first-order valence-corrected chi connectivity index (χ1v) is 10.1. The van der Waals surface area contributed by atoms with Crippen molar-refractivity contribution >= 4 is 17.6 Å². The van der Waals surface area contributed by atoms with Crippen LogP contribution in [0.4, 0.5) is 10.5 Å². The number of aliphatic hydroxyl groups is 1. The van der Waals surface area contributed by atoms with Crippen LogP contribution in [0.5, 0.6) is 0 Å². The van der Waals surface area contributed by atoms with Crippen LogP contribution in [0.3, 0.4) is 0 Å². The Labute approximate surface area is 161 Å². The average Bonchev–Trinajstić information content (AvgIpc) is 2.69. The monoisotopic (exact) mass is 373 g/mol. The Morgan fingerprint density at radius 1 is 1.15 bits per heavy atom. The Balaban J connectivity index is 1.63. The molecule has 0 unspecified atom stereocenters. The van der Waals surface area contributed by atoms with Gasteiger partial charge in [-0.05, 0) is 75.6 Å². The fraction of sp³-hybridized carbons (Fsp3) is 0.619. The molecule has 2 fully saturated rings. The zero-order valence-electron chi connectivity index (χ0n) is 16.4. The highest BCUT2D eigenvalue weighted by Gasteiger charge is 2.25. The lowest BCUT2D eigenvalue weighted by Gasteiger charge is -2.33. The number of rotatable bonds is 3. The molecule has 3 amide bonds. The summed E-state index contributed by atoms with van der Waals surface area (Å²) in [6.07, 6.45) is 4.99. The number of amides is 3. The number of likely N-dealkylation sites (tertiary alicyclic amines) is 2. The van der Waals surface area contributed by atoms with Gasteiger partial charge in [-0.1, -0.05) is 0 Å². The molecule has 6 heteroatoms. The molecule has 2 heterocycles. The molecule has 0 bridgehead atoms. The molecule has 0 spiro atoms. The summed E-state index contributed by atoms with van der Waals surface area (Å²) in [5.41, 5.74) is 2.32. The van der Waals surface area contributed by atoms with E-state index in [9.17, 15) is 14.7 Å². The number of piperidine rings is 2. The van der Waals surface area contributed by atoms with Crippen LogP contribution >= 0.6 is 0 Å². The SMILES string of the molecule is Cc1cc(C(=O)N2CCCC[C@@H]2C)ccc1NC(=O)N1CCC(CO)CC1. The van der Waals surface area contributed by atoms with Gasteiger partial charge in [0.2, 0.25) is 0 Å². The molecule has 2 aliphatic rings. The first kappa shape index (κ1) is 19.7. The predicted octanol–water partition coefficient (Wildman–Crippen LogP) is 3.25. The molecule has 1 aromatic carbocycles. The van der Waals surface area contributed by atoms with Gasteiger partial charge in [0.25, 0.3) is 5.91 Å². The van der Waals surface area contributed by atoms with E-state index in [0.29, 0.717) is 24.6 Å². The number of carbonyl (C=O) groups excluding carboxylic acids is 2. The Morgan fingerprint density at radius 3 is 2.52 bits per heavy atom. The van der Waals surface area contributed by atoms with Crippen molar-refractivity contribution < 1.29 is 14.7 Å². The van der Waals surface area contributed by atoms with E-state index in [0.717, 1.165) is 43.5 Å². The molecular weight excluding hydrogens is 342 g/mol. The standard InChI is InChI=1S/C21H31N3O3/c1-15-13-18(20(26)24-10-4-3-5-16(24)2)6-7-19(15)22-21(27)23-11-8-17(14-25)9-12-23/h6-7,13,16-17,25H,3-5,8-12,14H2,1-2H3,(H,22,27)/t16-/m0/s1. The molecule has 2 N–H and O–H groups in total. The molecule has 0 radical (unpaired) electrons. The molecule has 0 saturated carbocycles. The molecule has 6 nitrogen and oxygen atoms in total. The highest BCUT2D eigenvalue weighted by molar-refractivity contribution is 5.96. The van der Waals surface area contributed by atoms with Crippen LogP contribution in [0.25, 0.3) is 0 Å². The largest absolute Gasteiger partial charge is 0.396 e. The molecule has 0 aromatic heterocycles. The Bertz CT molecular complexity index is 683. The fourth-order valence-corrected chi connectivity index (χ4v) is 4.02. The van der Waals surface area contributed by atoms with Crippen molar-refractivity contribution in [3.8, 4) is 0 Å². The van der Waals surface area contributed by atoms with Crippen LogP contribution in [0.2, 0.25) is 0 Å². The van der Waals surface area contributed by atoms with Crippen molar-refractivity contribution in [1.82, 2.24) is 9.80 Å². The van der Waals surface area contributed by atoms with Gasteiger partial charge in [-0.3, -0.25) is 4.79 Å². The maximum atomic E-state index is 12.8. The van der Waals surface area contributed by atoms with Gasteiger partial charge in [0.1, 0.15) is 0 Å². The molecule has 1 aromatic rings. The normalized spacial score (nSPS) is 21.2. The second-order valence-electron chi connectivity index (χ2n) is 7.92. The van der Waals surface area contributed by atoms with Gasteiger partial charge in [-0.2, -0.15) is 0 Å². The van der Waals surface area contributed by atoms with E-state index >= 15 is 0 Å².